The van der Waals surface area contributed by atoms with Crippen LogP contribution in [-0.2, 0) is 0 Å². The summed E-state index contributed by atoms with van der Waals surface area (Å²) in [6.07, 6.45) is 0.636. The largest absolute Gasteiger partial charge is 0.490 e. The second-order valence-electron chi connectivity index (χ2n) is 4.28. The first kappa shape index (κ1) is 16.3. The van der Waals surface area contributed by atoms with Crippen LogP contribution in [0.5, 0.6) is 11.5 Å². The lowest BCUT2D eigenvalue weighted by Crippen LogP contribution is -2.10. The molecule has 0 N–H and O–H groups in total. The molecule has 0 radical (unpaired) electrons. The number of carbonyl (C=O) groups is 2. The van der Waals surface area contributed by atoms with Crippen molar-refractivity contribution in [3.8, 4) is 11.5 Å². The van der Waals surface area contributed by atoms with Crippen molar-refractivity contribution in [2.24, 2.45) is 0 Å². The van der Waals surface area contributed by atoms with Crippen LogP contribution in [0, 0.1) is 0 Å². The number of rotatable bonds is 5. The highest BCUT2D eigenvalue weighted by Crippen LogP contribution is 2.37. The number of hydrogen-bond donors (Lipinski definition) is 0. The van der Waals surface area contributed by atoms with E-state index in [2.05, 4.69) is 0 Å². The Morgan fingerprint density at radius 2 is 2.00 bits per heavy atom. The van der Waals surface area contributed by atoms with Gasteiger partial charge in [0.1, 0.15) is 6.29 Å². The van der Waals surface area contributed by atoms with E-state index >= 15 is 0 Å². The molecular weight excluding hydrogens is 327 g/mol. The summed E-state index contributed by atoms with van der Waals surface area (Å²) in [5.74, 6) is -0.323. The van der Waals surface area contributed by atoms with Crippen LogP contribution in [0.1, 0.15) is 27.6 Å². The summed E-state index contributed by atoms with van der Waals surface area (Å²) in [6.45, 7) is 2.10. The first-order chi connectivity index (χ1) is 10.5. The lowest BCUT2D eigenvalue weighted by molar-refractivity contribution is 0.0728. The second-order valence-corrected chi connectivity index (χ2v) is 5.12. The zero-order chi connectivity index (χ0) is 16.1. The van der Waals surface area contributed by atoms with E-state index in [1.54, 1.807) is 25.1 Å². The van der Waals surface area contributed by atoms with Crippen LogP contribution in [0.2, 0.25) is 10.0 Å². The molecule has 0 atom stereocenters. The highest BCUT2D eigenvalue weighted by molar-refractivity contribution is 6.33. The molecule has 0 unspecified atom stereocenters. The van der Waals surface area contributed by atoms with Gasteiger partial charge in [0, 0.05) is 10.6 Å². The minimum atomic E-state index is -0.621. The molecule has 0 heterocycles. The van der Waals surface area contributed by atoms with Crippen molar-refractivity contribution >= 4 is 35.5 Å². The van der Waals surface area contributed by atoms with E-state index in [9.17, 15) is 9.59 Å². The number of halogens is 2. The van der Waals surface area contributed by atoms with E-state index in [-0.39, 0.29) is 22.1 Å². The topological polar surface area (TPSA) is 52.6 Å². The number of aldehydes is 1. The minimum Gasteiger partial charge on any atom is -0.490 e. The van der Waals surface area contributed by atoms with Crippen molar-refractivity contribution in [2.45, 2.75) is 6.92 Å². The number of carbonyl (C=O) groups excluding carboxylic acids is 2. The number of ether oxygens (including phenoxy) is 2. The van der Waals surface area contributed by atoms with Gasteiger partial charge < -0.3 is 9.47 Å². The number of benzene rings is 2. The van der Waals surface area contributed by atoms with Crippen molar-refractivity contribution in [2.75, 3.05) is 6.61 Å². The lowest BCUT2D eigenvalue weighted by atomic mass is 10.2. The highest BCUT2D eigenvalue weighted by Gasteiger charge is 2.17. The molecule has 0 spiro atoms. The molecule has 6 heteroatoms. The van der Waals surface area contributed by atoms with Crippen LogP contribution in [0.15, 0.2) is 36.4 Å². The molecule has 0 fully saturated rings. The predicted molar refractivity (Wildman–Crippen MR) is 84.4 cm³/mol. The fourth-order valence-electron chi connectivity index (χ4n) is 1.79. The molecule has 0 aromatic heterocycles. The molecule has 2 rings (SSSR count). The van der Waals surface area contributed by atoms with Gasteiger partial charge in [-0.1, -0.05) is 29.3 Å². The third kappa shape index (κ3) is 3.78. The number of hydrogen-bond acceptors (Lipinski definition) is 4. The summed E-state index contributed by atoms with van der Waals surface area (Å²) in [5.41, 5.74) is 0.612. The van der Waals surface area contributed by atoms with Crippen molar-refractivity contribution in [3.05, 3.63) is 57.6 Å². The second kappa shape index (κ2) is 7.29. The molecule has 0 aliphatic carbocycles. The molecule has 22 heavy (non-hydrogen) atoms. The molecule has 0 aliphatic rings. The quantitative estimate of drug-likeness (QED) is 0.460. The van der Waals surface area contributed by atoms with Gasteiger partial charge in [-0.15, -0.1) is 0 Å². The Bertz CT molecular complexity index is 713. The van der Waals surface area contributed by atoms with Crippen LogP contribution in [0.4, 0.5) is 0 Å². The van der Waals surface area contributed by atoms with Gasteiger partial charge in [-0.3, -0.25) is 4.79 Å². The van der Waals surface area contributed by atoms with Gasteiger partial charge in [-0.05, 0) is 37.3 Å². The normalized spacial score (nSPS) is 10.1. The van der Waals surface area contributed by atoms with Gasteiger partial charge in [0.05, 0.1) is 17.2 Å². The fraction of sp³-hybridized carbons (Fsp3) is 0.125. The van der Waals surface area contributed by atoms with Gasteiger partial charge in [-0.25, -0.2) is 4.79 Å². The summed E-state index contributed by atoms with van der Waals surface area (Å²) in [7, 11) is 0. The molecule has 2 aromatic rings. The number of esters is 1. The third-order valence-electron chi connectivity index (χ3n) is 2.72. The summed E-state index contributed by atoms with van der Waals surface area (Å²) < 4.78 is 10.7. The summed E-state index contributed by atoms with van der Waals surface area (Å²) in [4.78, 5) is 23.0. The van der Waals surface area contributed by atoms with E-state index in [4.69, 9.17) is 32.7 Å². The summed E-state index contributed by atoms with van der Waals surface area (Å²) in [5, 5.41) is 0.533. The van der Waals surface area contributed by atoms with Crippen LogP contribution in [-0.4, -0.2) is 18.9 Å². The Morgan fingerprint density at radius 1 is 1.23 bits per heavy atom. The maximum atomic E-state index is 12.2. The van der Waals surface area contributed by atoms with Crippen molar-refractivity contribution in [1.29, 1.82) is 0 Å². The van der Waals surface area contributed by atoms with E-state index in [0.29, 0.717) is 23.5 Å². The Morgan fingerprint density at radius 3 is 2.64 bits per heavy atom. The molecule has 2 aromatic carbocycles. The Labute approximate surface area is 137 Å². The van der Waals surface area contributed by atoms with E-state index in [0.717, 1.165) is 0 Å². The lowest BCUT2D eigenvalue weighted by Gasteiger charge is -2.13. The van der Waals surface area contributed by atoms with Crippen LogP contribution < -0.4 is 9.47 Å². The van der Waals surface area contributed by atoms with Gasteiger partial charge in [0.15, 0.2) is 11.5 Å². The average molecular weight is 339 g/mol. The average Bonchev–Trinajstić information content (AvgIpc) is 2.50. The highest BCUT2D eigenvalue weighted by atomic mass is 35.5. The van der Waals surface area contributed by atoms with Crippen molar-refractivity contribution < 1.29 is 19.1 Å². The molecule has 0 bridgehead atoms. The molecule has 4 nitrogen and oxygen atoms in total. The van der Waals surface area contributed by atoms with Gasteiger partial charge in [-0.2, -0.15) is 0 Å². The van der Waals surface area contributed by atoms with Gasteiger partial charge in [0.2, 0.25) is 0 Å². The van der Waals surface area contributed by atoms with Crippen molar-refractivity contribution in [1.82, 2.24) is 0 Å². The molecule has 114 valence electrons. The Kier molecular flexibility index (Phi) is 5.41. The molecule has 0 amide bonds. The minimum absolute atomic E-state index is 0.0686. The van der Waals surface area contributed by atoms with E-state index in [1.165, 1.54) is 18.2 Å². The van der Waals surface area contributed by atoms with E-state index in [1.807, 2.05) is 0 Å². The summed E-state index contributed by atoms with van der Waals surface area (Å²) in [6, 6.07) is 9.20. The SMILES string of the molecule is CCOc1cc(C=O)cc(Cl)c1OC(=O)c1cccc(Cl)c1. The third-order valence-corrected chi connectivity index (χ3v) is 3.24. The van der Waals surface area contributed by atoms with E-state index < -0.39 is 5.97 Å². The van der Waals surface area contributed by atoms with Gasteiger partial charge in [0.25, 0.3) is 0 Å². The zero-order valence-corrected chi connectivity index (χ0v) is 13.1. The van der Waals surface area contributed by atoms with Gasteiger partial charge >= 0.3 is 5.97 Å². The van der Waals surface area contributed by atoms with Crippen molar-refractivity contribution in [3.63, 3.8) is 0 Å². The molecule has 0 saturated carbocycles. The fourth-order valence-corrected chi connectivity index (χ4v) is 2.23. The smallest absolute Gasteiger partial charge is 0.343 e. The first-order valence-corrected chi connectivity index (χ1v) is 7.20. The zero-order valence-electron chi connectivity index (χ0n) is 11.6. The summed E-state index contributed by atoms with van der Waals surface area (Å²) >= 11 is 11.9. The first-order valence-electron chi connectivity index (χ1n) is 6.44. The molecule has 0 saturated heterocycles. The maximum absolute atomic E-state index is 12.2. The van der Waals surface area contributed by atoms with Crippen LogP contribution in [0.25, 0.3) is 0 Å². The Balaban J connectivity index is 2.35. The van der Waals surface area contributed by atoms with Crippen LogP contribution >= 0.6 is 23.2 Å². The Hall–Kier alpha value is -2.04. The predicted octanol–water partition coefficient (Wildman–Crippen LogP) is 4.42. The molecule has 0 aliphatic heterocycles. The maximum Gasteiger partial charge on any atom is 0.343 e. The molecular formula is C16H12Cl2O4. The van der Waals surface area contributed by atoms with Crippen LogP contribution in [0.3, 0.4) is 0 Å². The monoisotopic (exact) mass is 338 g/mol. The standard InChI is InChI=1S/C16H12Cl2O4/c1-2-21-14-7-10(9-19)6-13(18)15(14)22-16(20)11-4-3-5-12(17)8-11/h3-9H,2H2,1H3.